The third-order valence-corrected chi connectivity index (χ3v) is 7.79. The van der Waals surface area contributed by atoms with Gasteiger partial charge in [-0.1, -0.05) is 55.0 Å². The molecule has 0 aromatic heterocycles. The lowest BCUT2D eigenvalue weighted by atomic mass is 9.95. The molecule has 0 spiro atoms. The maximum Gasteiger partial charge on any atom is 0.215 e. The van der Waals surface area contributed by atoms with Gasteiger partial charge in [0.1, 0.15) is 0 Å². The van der Waals surface area contributed by atoms with Gasteiger partial charge in [-0.3, -0.25) is 0 Å². The Morgan fingerprint density at radius 1 is 1.04 bits per heavy atom. The van der Waals surface area contributed by atoms with Crippen molar-refractivity contribution in [1.29, 1.82) is 0 Å². The third-order valence-electron chi connectivity index (χ3n) is 5.83. The monoisotopic (exact) mass is 384 g/mol. The van der Waals surface area contributed by atoms with Gasteiger partial charge in [-0.15, -0.1) is 0 Å². The fourth-order valence-electron chi connectivity index (χ4n) is 3.95. The summed E-state index contributed by atoms with van der Waals surface area (Å²) in [5, 5.41) is 3.24. The Labute approximate surface area is 162 Å². The molecular weight excluding hydrogens is 356 g/mol. The van der Waals surface area contributed by atoms with E-state index < -0.39 is 10.0 Å². The smallest absolute Gasteiger partial charge is 0.215 e. The molecule has 5 heteroatoms. The quantitative estimate of drug-likeness (QED) is 0.802. The third kappa shape index (κ3) is 4.42. The SMILES string of the molecule is O=S(=O)(NC(Cc1ccccc1)c1ccc2c(c1)CNCCC2)C1CCC1. The Kier molecular flexibility index (Phi) is 5.62. The zero-order valence-corrected chi connectivity index (χ0v) is 16.5. The van der Waals surface area contributed by atoms with E-state index in [1.807, 2.05) is 18.2 Å². The van der Waals surface area contributed by atoms with E-state index in [0.717, 1.165) is 56.3 Å². The van der Waals surface area contributed by atoms with Gasteiger partial charge in [0.15, 0.2) is 0 Å². The molecule has 2 aromatic carbocycles. The average Bonchev–Trinajstić information content (AvgIpc) is 2.84. The highest BCUT2D eigenvalue weighted by atomic mass is 32.2. The van der Waals surface area contributed by atoms with E-state index >= 15 is 0 Å². The first-order valence-corrected chi connectivity index (χ1v) is 11.5. The van der Waals surface area contributed by atoms with Gasteiger partial charge in [-0.2, -0.15) is 0 Å². The topological polar surface area (TPSA) is 58.2 Å². The molecule has 4 rings (SSSR count). The Hall–Kier alpha value is -1.69. The van der Waals surface area contributed by atoms with Crippen LogP contribution in [0.15, 0.2) is 48.5 Å². The van der Waals surface area contributed by atoms with Crippen LogP contribution in [0.4, 0.5) is 0 Å². The van der Waals surface area contributed by atoms with Crippen LogP contribution in [-0.4, -0.2) is 20.2 Å². The van der Waals surface area contributed by atoms with Crippen LogP contribution in [-0.2, 0) is 29.4 Å². The highest BCUT2D eigenvalue weighted by Crippen LogP contribution is 2.29. The first kappa shape index (κ1) is 18.7. The number of hydrogen-bond acceptors (Lipinski definition) is 3. The molecule has 1 aliphatic carbocycles. The minimum Gasteiger partial charge on any atom is -0.313 e. The van der Waals surface area contributed by atoms with Crippen molar-refractivity contribution >= 4 is 10.0 Å². The summed E-state index contributed by atoms with van der Waals surface area (Å²) >= 11 is 0. The fraction of sp³-hybridized carbons (Fsp3) is 0.455. The van der Waals surface area contributed by atoms with Crippen LogP contribution in [0.5, 0.6) is 0 Å². The molecule has 4 nitrogen and oxygen atoms in total. The molecule has 0 amide bonds. The average molecular weight is 385 g/mol. The summed E-state index contributed by atoms with van der Waals surface area (Å²) in [6.45, 7) is 1.89. The summed E-state index contributed by atoms with van der Waals surface area (Å²) in [6, 6.07) is 16.4. The largest absolute Gasteiger partial charge is 0.313 e. The van der Waals surface area contributed by atoms with E-state index in [-0.39, 0.29) is 11.3 Å². The zero-order valence-electron chi connectivity index (χ0n) is 15.7. The molecular formula is C22H28N2O2S. The van der Waals surface area contributed by atoms with E-state index in [9.17, 15) is 8.42 Å². The maximum absolute atomic E-state index is 12.8. The van der Waals surface area contributed by atoms with Gasteiger partial charge in [0, 0.05) is 6.54 Å². The lowest BCUT2D eigenvalue weighted by molar-refractivity contribution is 0.461. The van der Waals surface area contributed by atoms with Crippen molar-refractivity contribution in [2.45, 2.75) is 56.4 Å². The summed E-state index contributed by atoms with van der Waals surface area (Å²) in [5.41, 5.74) is 4.88. The molecule has 27 heavy (non-hydrogen) atoms. The van der Waals surface area contributed by atoms with E-state index in [1.54, 1.807) is 0 Å². The van der Waals surface area contributed by atoms with Crippen molar-refractivity contribution in [3.63, 3.8) is 0 Å². The molecule has 1 aliphatic heterocycles. The van der Waals surface area contributed by atoms with Crippen molar-refractivity contribution < 1.29 is 8.42 Å². The molecule has 2 N–H and O–H groups in total. The fourth-order valence-corrected chi connectivity index (χ4v) is 5.71. The standard InChI is InChI=1S/C22H28N2O2S/c25-27(26,21-9-4-10-21)24-22(14-17-6-2-1-3-7-17)19-12-11-18-8-5-13-23-16-20(18)15-19/h1-3,6-7,11-12,15,21-24H,4-5,8-10,13-14,16H2. The number of rotatable bonds is 6. The maximum atomic E-state index is 12.8. The first-order valence-electron chi connectivity index (χ1n) is 9.99. The Morgan fingerprint density at radius 2 is 1.85 bits per heavy atom. The van der Waals surface area contributed by atoms with Gasteiger partial charge in [0.25, 0.3) is 0 Å². The molecule has 0 radical (unpaired) electrons. The first-order chi connectivity index (χ1) is 13.1. The molecule has 1 unspecified atom stereocenters. The summed E-state index contributed by atoms with van der Waals surface area (Å²) in [7, 11) is -3.29. The van der Waals surface area contributed by atoms with Crippen molar-refractivity contribution in [3.05, 3.63) is 70.8 Å². The number of hydrogen-bond donors (Lipinski definition) is 2. The van der Waals surface area contributed by atoms with Crippen molar-refractivity contribution in [2.24, 2.45) is 0 Å². The molecule has 144 valence electrons. The van der Waals surface area contributed by atoms with Gasteiger partial charge >= 0.3 is 0 Å². The highest BCUT2D eigenvalue weighted by molar-refractivity contribution is 7.90. The van der Waals surface area contributed by atoms with Gasteiger partial charge in [-0.05, 0) is 60.9 Å². The van der Waals surface area contributed by atoms with Gasteiger partial charge < -0.3 is 5.32 Å². The van der Waals surface area contributed by atoms with Crippen molar-refractivity contribution in [1.82, 2.24) is 10.0 Å². The second-order valence-electron chi connectivity index (χ2n) is 7.77. The normalized spacial score (nSPS) is 19.0. The number of sulfonamides is 1. The predicted molar refractivity (Wildman–Crippen MR) is 109 cm³/mol. The summed E-state index contributed by atoms with van der Waals surface area (Å²) in [6.07, 6.45) is 5.47. The van der Waals surface area contributed by atoms with E-state index in [0.29, 0.717) is 6.42 Å². The molecule has 1 saturated carbocycles. The summed E-state index contributed by atoms with van der Waals surface area (Å²) in [4.78, 5) is 0. The van der Waals surface area contributed by atoms with Crippen LogP contribution in [0.25, 0.3) is 0 Å². The molecule has 0 saturated heterocycles. The Balaban J connectivity index is 1.63. The minimum atomic E-state index is -3.29. The zero-order chi connectivity index (χ0) is 18.7. The van der Waals surface area contributed by atoms with Crippen molar-refractivity contribution in [3.8, 4) is 0 Å². The molecule has 2 aliphatic rings. The predicted octanol–water partition coefficient (Wildman–Crippen LogP) is 3.48. The molecule has 1 atom stereocenters. The van der Waals surface area contributed by atoms with E-state index in [2.05, 4.69) is 40.4 Å². The highest BCUT2D eigenvalue weighted by Gasteiger charge is 2.33. The van der Waals surface area contributed by atoms with Crippen molar-refractivity contribution in [2.75, 3.05) is 6.54 Å². The van der Waals surface area contributed by atoms with E-state index in [4.69, 9.17) is 0 Å². The van der Waals surface area contributed by atoms with Crippen LogP contribution in [0, 0.1) is 0 Å². The molecule has 1 fully saturated rings. The summed E-state index contributed by atoms with van der Waals surface area (Å²) < 4.78 is 28.6. The Morgan fingerprint density at radius 3 is 2.59 bits per heavy atom. The van der Waals surface area contributed by atoms with Crippen LogP contribution in [0.2, 0.25) is 0 Å². The number of benzene rings is 2. The lowest BCUT2D eigenvalue weighted by Gasteiger charge is -2.29. The van der Waals surface area contributed by atoms with Gasteiger partial charge in [0.2, 0.25) is 10.0 Å². The van der Waals surface area contributed by atoms with Gasteiger partial charge in [-0.25, -0.2) is 13.1 Å². The molecule has 0 bridgehead atoms. The van der Waals surface area contributed by atoms with Crippen LogP contribution in [0.1, 0.15) is 54.0 Å². The number of aryl methyl sites for hydroxylation is 1. The van der Waals surface area contributed by atoms with E-state index in [1.165, 1.54) is 11.1 Å². The minimum absolute atomic E-state index is 0.224. The van der Waals surface area contributed by atoms with Crippen LogP contribution in [0.3, 0.4) is 0 Å². The lowest BCUT2D eigenvalue weighted by Crippen LogP contribution is -2.41. The second kappa shape index (κ2) is 8.13. The molecule has 2 aromatic rings. The van der Waals surface area contributed by atoms with Gasteiger partial charge in [0.05, 0.1) is 11.3 Å². The second-order valence-corrected chi connectivity index (χ2v) is 9.76. The molecule has 1 heterocycles. The number of fused-ring (bicyclic) bond motifs is 1. The Bertz CT molecular complexity index is 876. The number of nitrogens with one attached hydrogen (secondary N) is 2. The van der Waals surface area contributed by atoms with Crippen LogP contribution < -0.4 is 10.0 Å². The summed E-state index contributed by atoms with van der Waals surface area (Å²) in [5.74, 6) is 0. The van der Waals surface area contributed by atoms with Crippen LogP contribution >= 0.6 is 0 Å².